The van der Waals surface area contributed by atoms with E-state index in [9.17, 15) is 4.79 Å². The van der Waals surface area contributed by atoms with Crippen molar-refractivity contribution in [3.63, 3.8) is 0 Å². The fourth-order valence-electron chi connectivity index (χ4n) is 3.91. The number of hydrogen-bond donors (Lipinski definition) is 0. The highest BCUT2D eigenvalue weighted by atomic mass is 32.2. The van der Waals surface area contributed by atoms with Gasteiger partial charge in [0.1, 0.15) is 6.33 Å². The minimum absolute atomic E-state index is 0.0187. The van der Waals surface area contributed by atoms with Crippen molar-refractivity contribution in [1.82, 2.24) is 19.7 Å². The summed E-state index contributed by atoms with van der Waals surface area (Å²) in [6, 6.07) is -0.0187. The highest BCUT2D eigenvalue weighted by Gasteiger charge is 2.40. The van der Waals surface area contributed by atoms with Gasteiger partial charge >= 0.3 is 6.03 Å². The first-order chi connectivity index (χ1) is 9.79. The maximum Gasteiger partial charge on any atom is 0.346 e. The lowest BCUT2D eigenvalue weighted by atomic mass is 10.0. The number of nitrogens with zero attached hydrogens (tertiary/aromatic N) is 4. The van der Waals surface area contributed by atoms with Crippen LogP contribution in [0.5, 0.6) is 0 Å². The van der Waals surface area contributed by atoms with Crippen LogP contribution >= 0.6 is 11.8 Å². The van der Waals surface area contributed by atoms with Gasteiger partial charge in [-0.05, 0) is 43.9 Å². The fraction of sp³-hybridized carbons (Fsp3) is 0.786. The van der Waals surface area contributed by atoms with Gasteiger partial charge in [0.15, 0.2) is 0 Å². The quantitative estimate of drug-likeness (QED) is 0.841. The van der Waals surface area contributed by atoms with E-state index >= 15 is 0 Å². The molecule has 0 unspecified atom stereocenters. The molecule has 5 nitrogen and oxygen atoms in total. The van der Waals surface area contributed by atoms with Gasteiger partial charge in [-0.3, -0.25) is 0 Å². The molecule has 6 heteroatoms. The molecule has 1 aromatic heterocycles. The molecule has 3 fully saturated rings. The maximum absolute atomic E-state index is 12.2. The van der Waals surface area contributed by atoms with Crippen LogP contribution in [0.2, 0.25) is 0 Å². The fourth-order valence-corrected chi connectivity index (χ4v) is 5.24. The SMILES string of the molecule is O=C(N1CCCC1)n1cnc(S[C@@H]2C[C@@H]3CC[C@@H]2C3)n1. The van der Waals surface area contributed by atoms with Crippen molar-refractivity contribution in [3.05, 3.63) is 6.33 Å². The number of carbonyl (C=O) groups is 1. The van der Waals surface area contributed by atoms with E-state index in [4.69, 9.17) is 0 Å². The van der Waals surface area contributed by atoms with E-state index in [2.05, 4.69) is 10.1 Å². The molecule has 2 saturated carbocycles. The number of hydrogen-bond acceptors (Lipinski definition) is 4. The highest BCUT2D eigenvalue weighted by molar-refractivity contribution is 7.99. The predicted octanol–water partition coefficient (Wildman–Crippen LogP) is 2.62. The van der Waals surface area contributed by atoms with Crippen molar-refractivity contribution in [2.24, 2.45) is 11.8 Å². The topological polar surface area (TPSA) is 51.0 Å². The molecule has 3 atom stereocenters. The van der Waals surface area contributed by atoms with Crippen LogP contribution in [0, 0.1) is 11.8 Å². The first-order valence-corrected chi connectivity index (χ1v) is 8.55. The van der Waals surface area contributed by atoms with Crippen molar-refractivity contribution in [3.8, 4) is 0 Å². The molecule has 0 N–H and O–H groups in total. The molecule has 3 aliphatic rings. The number of likely N-dealkylation sites (tertiary alicyclic amines) is 1. The number of thioether (sulfide) groups is 1. The monoisotopic (exact) mass is 292 g/mol. The number of aromatic nitrogens is 3. The van der Waals surface area contributed by atoms with Gasteiger partial charge in [-0.15, -0.1) is 5.10 Å². The van der Waals surface area contributed by atoms with Crippen molar-refractivity contribution in [2.45, 2.75) is 48.9 Å². The van der Waals surface area contributed by atoms with Gasteiger partial charge in [0, 0.05) is 18.3 Å². The van der Waals surface area contributed by atoms with E-state index in [1.165, 1.54) is 30.4 Å². The van der Waals surface area contributed by atoms with Gasteiger partial charge < -0.3 is 4.90 Å². The summed E-state index contributed by atoms with van der Waals surface area (Å²) < 4.78 is 1.42. The number of amides is 1. The van der Waals surface area contributed by atoms with E-state index in [-0.39, 0.29) is 6.03 Å². The number of fused-ring (bicyclic) bond motifs is 2. The molecule has 20 heavy (non-hydrogen) atoms. The van der Waals surface area contributed by atoms with Crippen molar-refractivity contribution < 1.29 is 4.79 Å². The summed E-state index contributed by atoms with van der Waals surface area (Å²) in [6.45, 7) is 1.71. The third-order valence-corrected chi connectivity index (χ3v) is 6.25. The molecule has 0 aromatic carbocycles. The van der Waals surface area contributed by atoms with Gasteiger partial charge in [-0.2, -0.15) is 4.68 Å². The summed E-state index contributed by atoms with van der Waals surface area (Å²) in [5, 5.41) is 5.83. The van der Waals surface area contributed by atoms with Crippen LogP contribution in [0.1, 0.15) is 38.5 Å². The van der Waals surface area contributed by atoms with Crippen molar-refractivity contribution in [1.29, 1.82) is 0 Å². The standard InChI is InChI=1S/C14H20N4OS/c19-14(17-5-1-2-6-17)18-9-15-13(16-18)20-12-8-10-3-4-11(12)7-10/h9-12H,1-8H2/t10-,11-,12-/m1/s1. The zero-order valence-electron chi connectivity index (χ0n) is 11.6. The Morgan fingerprint density at radius 3 is 2.80 bits per heavy atom. The molecular formula is C14H20N4OS. The Morgan fingerprint density at radius 2 is 2.10 bits per heavy atom. The highest BCUT2D eigenvalue weighted by Crippen LogP contribution is 2.50. The molecule has 1 aliphatic heterocycles. The van der Waals surface area contributed by atoms with Crippen LogP contribution in [0.4, 0.5) is 4.79 Å². The zero-order chi connectivity index (χ0) is 13.5. The lowest BCUT2D eigenvalue weighted by Gasteiger charge is -2.19. The molecule has 1 aromatic rings. The smallest absolute Gasteiger partial charge is 0.323 e. The molecule has 1 saturated heterocycles. The second kappa shape index (κ2) is 5.06. The number of carbonyl (C=O) groups excluding carboxylic acids is 1. The van der Waals surface area contributed by atoms with E-state index in [0.717, 1.165) is 42.9 Å². The summed E-state index contributed by atoms with van der Waals surface area (Å²) in [5.41, 5.74) is 0. The van der Waals surface area contributed by atoms with Crippen molar-refractivity contribution >= 4 is 17.8 Å². The molecule has 0 spiro atoms. The Balaban J connectivity index is 1.41. The van der Waals surface area contributed by atoms with Crippen LogP contribution < -0.4 is 0 Å². The molecular weight excluding hydrogens is 272 g/mol. The third kappa shape index (κ3) is 2.24. The van der Waals surface area contributed by atoms with Gasteiger partial charge in [-0.25, -0.2) is 9.78 Å². The molecule has 0 radical (unpaired) electrons. The van der Waals surface area contributed by atoms with Gasteiger partial charge in [-0.1, -0.05) is 18.2 Å². The summed E-state index contributed by atoms with van der Waals surface area (Å²) in [4.78, 5) is 18.4. The van der Waals surface area contributed by atoms with Crippen LogP contribution in [0.25, 0.3) is 0 Å². The maximum atomic E-state index is 12.2. The zero-order valence-corrected chi connectivity index (χ0v) is 12.4. The summed E-state index contributed by atoms with van der Waals surface area (Å²) in [5.74, 6) is 1.79. The summed E-state index contributed by atoms with van der Waals surface area (Å²) >= 11 is 1.78. The summed E-state index contributed by atoms with van der Waals surface area (Å²) in [6.07, 6.45) is 9.28. The molecule has 2 aliphatic carbocycles. The normalized spacial score (nSPS) is 32.2. The third-order valence-electron chi connectivity index (χ3n) is 4.97. The average Bonchev–Trinajstić information content (AvgIpc) is 3.23. The predicted molar refractivity (Wildman–Crippen MR) is 76.7 cm³/mol. The van der Waals surface area contributed by atoms with Gasteiger partial charge in [0.25, 0.3) is 0 Å². The minimum atomic E-state index is -0.0187. The Kier molecular flexibility index (Phi) is 3.21. The van der Waals surface area contributed by atoms with Crippen LogP contribution in [0.15, 0.2) is 11.5 Å². The molecule has 1 amide bonds. The van der Waals surface area contributed by atoms with E-state index in [1.807, 2.05) is 4.90 Å². The lowest BCUT2D eigenvalue weighted by Crippen LogP contribution is -2.32. The number of rotatable bonds is 2. The Labute approximate surface area is 123 Å². The van der Waals surface area contributed by atoms with Crippen molar-refractivity contribution in [2.75, 3.05) is 13.1 Å². The van der Waals surface area contributed by atoms with E-state index in [0.29, 0.717) is 5.25 Å². The Hall–Kier alpha value is -1.04. The van der Waals surface area contributed by atoms with E-state index < -0.39 is 0 Å². The Bertz CT molecular complexity index is 511. The van der Waals surface area contributed by atoms with Crippen LogP contribution in [-0.4, -0.2) is 44.0 Å². The van der Waals surface area contributed by atoms with Gasteiger partial charge in [0.05, 0.1) is 0 Å². The Morgan fingerprint density at radius 1 is 1.25 bits per heavy atom. The second-order valence-electron chi connectivity index (χ2n) is 6.28. The molecule has 4 rings (SSSR count). The average molecular weight is 292 g/mol. The molecule has 108 valence electrons. The first-order valence-electron chi connectivity index (χ1n) is 7.67. The van der Waals surface area contributed by atoms with Crippen LogP contribution in [0.3, 0.4) is 0 Å². The lowest BCUT2D eigenvalue weighted by molar-refractivity contribution is 0.207. The first kappa shape index (κ1) is 12.7. The van der Waals surface area contributed by atoms with Gasteiger partial charge in [0.2, 0.25) is 5.16 Å². The summed E-state index contributed by atoms with van der Waals surface area (Å²) in [7, 11) is 0. The second-order valence-corrected chi connectivity index (χ2v) is 7.49. The minimum Gasteiger partial charge on any atom is -0.323 e. The molecule has 2 bridgehead atoms. The van der Waals surface area contributed by atoms with E-state index in [1.54, 1.807) is 18.1 Å². The molecule has 2 heterocycles. The van der Waals surface area contributed by atoms with Crippen LogP contribution in [-0.2, 0) is 0 Å². The largest absolute Gasteiger partial charge is 0.346 e.